The highest BCUT2D eigenvalue weighted by molar-refractivity contribution is 6.31. The van der Waals surface area contributed by atoms with Crippen molar-refractivity contribution < 1.29 is 10.0 Å². The summed E-state index contributed by atoms with van der Waals surface area (Å²) in [6.45, 7) is 2.86. The number of nitrogens with zero attached hydrogens (tertiary/aromatic N) is 1. The van der Waals surface area contributed by atoms with Gasteiger partial charge in [-0.05, 0) is 18.1 Å². The van der Waals surface area contributed by atoms with E-state index in [1.54, 1.807) is 0 Å². The first-order chi connectivity index (χ1) is 8.54. The molecule has 2 N–H and O–H groups in total. The van der Waals surface area contributed by atoms with E-state index in [-0.39, 0.29) is 5.69 Å². The summed E-state index contributed by atoms with van der Waals surface area (Å²) in [5.41, 5.74) is 0.680. The molecule has 1 aromatic rings. The summed E-state index contributed by atoms with van der Waals surface area (Å²) in [7, 11) is 0. The average Bonchev–Trinajstić information content (AvgIpc) is 2.31. The van der Waals surface area contributed by atoms with E-state index < -0.39 is 11.0 Å². The molecule has 18 heavy (non-hydrogen) atoms. The summed E-state index contributed by atoms with van der Waals surface area (Å²) in [5, 5.41) is 23.7. The highest BCUT2D eigenvalue weighted by Gasteiger charge is 2.10. The van der Waals surface area contributed by atoms with Crippen LogP contribution in [0.2, 0.25) is 5.02 Å². The third-order valence-electron chi connectivity index (χ3n) is 2.56. The topological polar surface area (TPSA) is 75.4 Å². The number of nitrogens with one attached hydrogen (secondary N) is 1. The van der Waals surface area contributed by atoms with E-state index in [1.165, 1.54) is 18.2 Å². The van der Waals surface area contributed by atoms with Crippen molar-refractivity contribution in [3.05, 3.63) is 38.9 Å². The SMILES string of the molecule is CCCC(O)CNCc1cc([N+](=O)[O-])ccc1Cl. The van der Waals surface area contributed by atoms with Gasteiger partial charge in [0.15, 0.2) is 0 Å². The first kappa shape index (κ1) is 14.9. The Morgan fingerprint density at radius 3 is 2.89 bits per heavy atom. The van der Waals surface area contributed by atoms with Crippen molar-refractivity contribution in [2.24, 2.45) is 0 Å². The first-order valence-corrected chi connectivity index (χ1v) is 6.24. The summed E-state index contributed by atoms with van der Waals surface area (Å²) in [5.74, 6) is 0. The Labute approximate surface area is 111 Å². The van der Waals surface area contributed by atoms with Crippen LogP contribution in [0, 0.1) is 10.1 Å². The number of aliphatic hydroxyl groups is 1. The lowest BCUT2D eigenvalue weighted by atomic mass is 10.2. The van der Waals surface area contributed by atoms with Crippen LogP contribution in [0.5, 0.6) is 0 Å². The van der Waals surface area contributed by atoms with Gasteiger partial charge >= 0.3 is 0 Å². The zero-order chi connectivity index (χ0) is 13.5. The fourth-order valence-corrected chi connectivity index (χ4v) is 1.80. The molecule has 1 unspecified atom stereocenters. The minimum absolute atomic E-state index is 0.0188. The summed E-state index contributed by atoms with van der Waals surface area (Å²) in [6, 6.07) is 4.33. The molecule has 0 aliphatic carbocycles. The highest BCUT2D eigenvalue weighted by atomic mass is 35.5. The van der Waals surface area contributed by atoms with Crippen LogP contribution in [-0.4, -0.2) is 22.7 Å². The number of nitro groups is 1. The molecule has 5 nitrogen and oxygen atoms in total. The van der Waals surface area contributed by atoms with Crippen molar-refractivity contribution in [2.75, 3.05) is 6.54 Å². The van der Waals surface area contributed by atoms with Crippen LogP contribution < -0.4 is 5.32 Å². The van der Waals surface area contributed by atoms with Gasteiger partial charge in [0.25, 0.3) is 5.69 Å². The molecule has 0 amide bonds. The maximum absolute atomic E-state index is 10.6. The van der Waals surface area contributed by atoms with Crippen molar-refractivity contribution in [1.29, 1.82) is 0 Å². The van der Waals surface area contributed by atoms with Gasteiger partial charge in [-0.2, -0.15) is 0 Å². The molecule has 0 fully saturated rings. The Bertz CT molecular complexity index is 412. The van der Waals surface area contributed by atoms with Crippen LogP contribution in [0.3, 0.4) is 0 Å². The number of nitro benzene ring substituents is 1. The molecule has 1 atom stereocenters. The maximum atomic E-state index is 10.6. The predicted octanol–water partition coefficient (Wildman–Crippen LogP) is 2.50. The van der Waals surface area contributed by atoms with Gasteiger partial charge in [0.05, 0.1) is 11.0 Å². The van der Waals surface area contributed by atoms with E-state index >= 15 is 0 Å². The summed E-state index contributed by atoms with van der Waals surface area (Å²) in [6.07, 6.45) is 1.25. The quantitative estimate of drug-likeness (QED) is 0.591. The van der Waals surface area contributed by atoms with E-state index in [1.807, 2.05) is 6.92 Å². The number of aliphatic hydroxyl groups excluding tert-OH is 1. The number of hydrogen-bond acceptors (Lipinski definition) is 4. The van der Waals surface area contributed by atoms with Gasteiger partial charge in [0.2, 0.25) is 0 Å². The summed E-state index contributed by atoms with van der Waals surface area (Å²) >= 11 is 5.95. The lowest BCUT2D eigenvalue weighted by Gasteiger charge is -2.11. The van der Waals surface area contributed by atoms with Crippen LogP contribution >= 0.6 is 11.6 Å². The minimum Gasteiger partial charge on any atom is -0.392 e. The number of halogens is 1. The average molecular weight is 273 g/mol. The Morgan fingerprint density at radius 2 is 2.28 bits per heavy atom. The molecule has 0 aliphatic heterocycles. The van der Waals surface area contributed by atoms with Gasteiger partial charge in [0, 0.05) is 30.2 Å². The number of non-ortho nitro benzene ring substituents is 1. The van der Waals surface area contributed by atoms with Crippen molar-refractivity contribution in [3.63, 3.8) is 0 Å². The third-order valence-corrected chi connectivity index (χ3v) is 2.93. The van der Waals surface area contributed by atoms with Gasteiger partial charge in [-0.3, -0.25) is 10.1 Å². The smallest absolute Gasteiger partial charge is 0.269 e. The molecule has 6 heteroatoms. The molecule has 0 aliphatic rings. The van der Waals surface area contributed by atoms with Crippen LogP contribution in [-0.2, 0) is 6.54 Å². The zero-order valence-corrected chi connectivity index (χ0v) is 11.0. The largest absolute Gasteiger partial charge is 0.392 e. The fourth-order valence-electron chi connectivity index (χ4n) is 1.62. The van der Waals surface area contributed by atoms with E-state index in [4.69, 9.17) is 11.6 Å². The van der Waals surface area contributed by atoms with Gasteiger partial charge in [0.1, 0.15) is 0 Å². The molecular weight excluding hydrogens is 256 g/mol. The molecule has 1 rings (SSSR count). The van der Waals surface area contributed by atoms with Gasteiger partial charge < -0.3 is 10.4 Å². The van der Waals surface area contributed by atoms with Gasteiger partial charge in [-0.25, -0.2) is 0 Å². The van der Waals surface area contributed by atoms with Crippen LogP contribution in [0.4, 0.5) is 5.69 Å². The molecule has 100 valence electrons. The van der Waals surface area contributed by atoms with Crippen molar-refractivity contribution >= 4 is 17.3 Å². The zero-order valence-electron chi connectivity index (χ0n) is 10.2. The number of benzene rings is 1. The van der Waals surface area contributed by atoms with E-state index in [9.17, 15) is 15.2 Å². The monoisotopic (exact) mass is 272 g/mol. The molecule has 1 aromatic carbocycles. The van der Waals surface area contributed by atoms with Crippen LogP contribution in [0.1, 0.15) is 25.3 Å². The van der Waals surface area contributed by atoms with E-state index in [2.05, 4.69) is 5.32 Å². The fraction of sp³-hybridized carbons (Fsp3) is 0.500. The highest BCUT2D eigenvalue weighted by Crippen LogP contribution is 2.21. The normalized spacial score (nSPS) is 12.4. The second kappa shape index (κ2) is 7.31. The molecule has 0 aromatic heterocycles. The second-order valence-corrected chi connectivity index (χ2v) is 4.51. The summed E-state index contributed by atoms with van der Waals surface area (Å²) in [4.78, 5) is 10.2. The standard InChI is InChI=1S/C12H17ClN2O3/c1-2-3-11(16)8-14-7-9-6-10(15(17)18)4-5-12(9)13/h4-6,11,14,16H,2-3,7-8H2,1H3. The van der Waals surface area contributed by atoms with E-state index in [0.717, 1.165) is 12.8 Å². The second-order valence-electron chi connectivity index (χ2n) is 4.11. The first-order valence-electron chi connectivity index (χ1n) is 5.86. The summed E-state index contributed by atoms with van der Waals surface area (Å²) < 4.78 is 0. The van der Waals surface area contributed by atoms with Crippen molar-refractivity contribution in [2.45, 2.75) is 32.4 Å². The molecule has 0 heterocycles. The van der Waals surface area contributed by atoms with Crippen molar-refractivity contribution in [3.8, 4) is 0 Å². The number of rotatable bonds is 7. The third kappa shape index (κ3) is 4.60. The molecular formula is C12H17ClN2O3. The van der Waals surface area contributed by atoms with Crippen LogP contribution in [0.15, 0.2) is 18.2 Å². The molecule has 0 saturated heterocycles. The maximum Gasteiger partial charge on any atom is 0.269 e. The lowest BCUT2D eigenvalue weighted by Crippen LogP contribution is -2.26. The number of hydrogen-bond donors (Lipinski definition) is 2. The van der Waals surface area contributed by atoms with Crippen molar-refractivity contribution in [1.82, 2.24) is 5.32 Å². The predicted molar refractivity (Wildman–Crippen MR) is 70.7 cm³/mol. The Morgan fingerprint density at radius 1 is 1.56 bits per heavy atom. The van der Waals surface area contributed by atoms with Gasteiger partial charge in [-0.1, -0.05) is 24.9 Å². The Balaban J connectivity index is 2.56. The van der Waals surface area contributed by atoms with Crippen LogP contribution in [0.25, 0.3) is 0 Å². The molecule has 0 bridgehead atoms. The molecule has 0 spiro atoms. The Hall–Kier alpha value is -1.17. The molecule has 0 radical (unpaired) electrons. The molecule has 0 saturated carbocycles. The van der Waals surface area contributed by atoms with Gasteiger partial charge in [-0.15, -0.1) is 0 Å². The van der Waals surface area contributed by atoms with E-state index in [0.29, 0.717) is 23.7 Å². The lowest BCUT2D eigenvalue weighted by molar-refractivity contribution is -0.384. The Kier molecular flexibility index (Phi) is 6.04. The minimum atomic E-state index is -0.453.